The molecular formula is C20H19NO. The Bertz CT molecular complexity index is 700. The smallest absolute Gasteiger partial charge is 0.236 e. The maximum atomic E-state index is 12.6. The summed E-state index contributed by atoms with van der Waals surface area (Å²) in [5, 5.41) is 0. The molecule has 0 spiro atoms. The fourth-order valence-electron chi connectivity index (χ4n) is 2.90. The first-order valence-corrected chi connectivity index (χ1v) is 7.46. The van der Waals surface area contributed by atoms with E-state index in [0.717, 1.165) is 11.3 Å². The van der Waals surface area contributed by atoms with Crippen LogP contribution in [0.3, 0.4) is 0 Å². The summed E-state index contributed by atoms with van der Waals surface area (Å²) in [6, 6.07) is 18.3. The van der Waals surface area contributed by atoms with Gasteiger partial charge in [-0.25, -0.2) is 0 Å². The average molecular weight is 289 g/mol. The van der Waals surface area contributed by atoms with Crippen molar-refractivity contribution < 1.29 is 4.79 Å². The van der Waals surface area contributed by atoms with E-state index >= 15 is 0 Å². The standard InChI is InChI=1S/C20H19NO/c1-3-4-10-18-19(16-8-6-5-7-9-16)21(20(18)22)17-13-11-15(2)12-14-17/h3-14,18-19H,1H2,2H3/b10-4+/t18-,19-/m0/s1. The highest BCUT2D eigenvalue weighted by atomic mass is 16.2. The van der Waals surface area contributed by atoms with Crippen molar-refractivity contribution in [2.24, 2.45) is 5.92 Å². The van der Waals surface area contributed by atoms with Crippen LogP contribution in [0.1, 0.15) is 17.2 Å². The largest absolute Gasteiger partial charge is 0.303 e. The van der Waals surface area contributed by atoms with E-state index in [0.29, 0.717) is 0 Å². The molecule has 110 valence electrons. The molecule has 22 heavy (non-hydrogen) atoms. The number of carbonyl (C=O) groups is 1. The number of hydrogen-bond donors (Lipinski definition) is 0. The number of carbonyl (C=O) groups excluding carboxylic acids is 1. The molecule has 0 bridgehead atoms. The second kappa shape index (κ2) is 6.02. The molecule has 3 rings (SSSR count). The van der Waals surface area contributed by atoms with E-state index in [9.17, 15) is 4.79 Å². The van der Waals surface area contributed by atoms with Crippen LogP contribution in [0.2, 0.25) is 0 Å². The van der Waals surface area contributed by atoms with E-state index in [4.69, 9.17) is 0 Å². The molecule has 0 aromatic heterocycles. The zero-order valence-electron chi connectivity index (χ0n) is 12.6. The molecule has 1 aliphatic heterocycles. The molecule has 0 aliphatic carbocycles. The van der Waals surface area contributed by atoms with Gasteiger partial charge in [-0.3, -0.25) is 4.79 Å². The normalized spacial score (nSPS) is 21.0. The Morgan fingerprint density at radius 3 is 2.36 bits per heavy atom. The second-order valence-electron chi connectivity index (χ2n) is 5.55. The minimum absolute atomic E-state index is 0.0487. The van der Waals surface area contributed by atoms with Gasteiger partial charge in [0.15, 0.2) is 0 Å². The molecule has 1 amide bonds. The maximum Gasteiger partial charge on any atom is 0.236 e. The van der Waals surface area contributed by atoms with Crippen molar-refractivity contribution in [1.29, 1.82) is 0 Å². The number of aryl methyl sites for hydroxylation is 1. The van der Waals surface area contributed by atoms with E-state index in [2.05, 4.69) is 18.7 Å². The van der Waals surface area contributed by atoms with E-state index in [1.54, 1.807) is 6.08 Å². The zero-order chi connectivity index (χ0) is 15.5. The lowest BCUT2D eigenvalue weighted by Gasteiger charge is -2.46. The van der Waals surface area contributed by atoms with Crippen molar-refractivity contribution in [2.75, 3.05) is 4.90 Å². The topological polar surface area (TPSA) is 20.3 Å². The number of benzene rings is 2. The van der Waals surface area contributed by atoms with Gasteiger partial charge in [-0.05, 0) is 24.6 Å². The first-order chi connectivity index (χ1) is 10.7. The lowest BCUT2D eigenvalue weighted by atomic mass is 9.81. The van der Waals surface area contributed by atoms with Crippen LogP contribution in [-0.2, 0) is 4.79 Å². The van der Waals surface area contributed by atoms with Crippen LogP contribution in [0.4, 0.5) is 5.69 Å². The van der Waals surface area contributed by atoms with Gasteiger partial charge in [-0.15, -0.1) is 0 Å². The Kier molecular flexibility index (Phi) is 3.92. The summed E-state index contributed by atoms with van der Waals surface area (Å²) in [5.74, 6) is 0.0116. The molecule has 0 N–H and O–H groups in total. The summed E-state index contributed by atoms with van der Waals surface area (Å²) in [4.78, 5) is 14.5. The third kappa shape index (κ3) is 2.48. The van der Waals surface area contributed by atoms with Gasteiger partial charge >= 0.3 is 0 Å². The summed E-state index contributed by atoms with van der Waals surface area (Å²) in [6.45, 7) is 5.74. The fourth-order valence-corrected chi connectivity index (χ4v) is 2.90. The summed E-state index contributed by atoms with van der Waals surface area (Å²) < 4.78 is 0. The van der Waals surface area contributed by atoms with Crippen LogP contribution in [0.5, 0.6) is 0 Å². The fraction of sp³-hybridized carbons (Fsp3) is 0.150. The number of hydrogen-bond acceptors (Lipinski definition) is 1. The predicted molar refractivity (Wildman–Crippen MR) is 90.7 cm³/mol. The minimum atomic E-state index is -0.123. The third-order valence-electron chi connectivity index (χ3n) is 4.05. The Balaban J connectivity index is 1.98. The molecule has 1 heterocycles. The lowest BCUT2D eigenvalue weighted by Crippen LogP contribution is -2.54. The second-order valence-corrected chi connectivity index (χ2v) is 5.55. The number of anilines is 1. The monoisotopic (exact) mass is 289 g/mol. The molecule has 0 saturated carbocycles. The highest BCUT2D eigenvalue weighted by molar-refractivity contribution is 6.04. The molecule has 2 nitrogen and oxygen atoms in total. The summed E-state index contributed by atoms with van der Waals surface area (Å²) >= 11 is 0. The summed E-state index contributed by atoms with van der Waals surface area (Å²) in [7, 11) is 0. The Morgan fingerprint density at radius 1 is 1.05 bits per heavy atom. The molecule has 2 heteroatoms. The van der Waals surface area contributed by atoms with E-state index in [1.165, 1.54) is 5.56 Å². The number of rotatable bonds is 4. The molecule has 0 radical (unpaired) electrons. The molecule has 2 aromatic carbocycles. The minimum Gasteiger partial charge on any atom is -0.303 e. The van der Waals surface area contributed by atoms with Gasteiger partial charge in [0.1, 0.15) is 0 Å². The summed E-state index contributed by atoms with van der Waals surface area (Å²) in [6.07, 6.45) is 5.51. The third-order valence-corrected chi connectivity index (χ3v) is 4.05. The maximum absolute atomic E-state index is 12.6. The SMILES string of the molecule is C=C/C=C/[C@@H]1C(=O)N(c2ccc(C)cc2)[C@H]1c1ccccc1. The Hall–Kier alpha value is -2.61. The number of allylic oxidation sites excluding steroid dienone is 2. The Morgan fingerprint density at radius 2 is 1.73 bits per heavy atom. The van der Waals surface area contributed by atoms with Gasteiger partial charge in [-0.2, -0.15) is 0 Å². The molecule has 1 saturated heterocycles. The van der Waals surface area contributed by atoms with Crippen molar-refractivity contribution >= 4 is 11.6 Å². The molecule has 0 unspecified atom stereocenters. The van der Waals surface area contributed by atoms with Crippen molar-refractivity contribution in [1.82, 2.24) is 0 Å². The van der Waals surface area contributed by atoms with Crippen LogP contribution in [-0.4, -0.2) is 5.91 Å². The van der Waals surface area contributed by atoms with Crippen LogP contribution in [0.15, 0.2) is 79.4 Å². The molecule has 1 aliphatic rings. The van der Waals surface area contributed by atoms with E-state index in [-0.39, 0.29) is 17.9 Å². The van der Waals surface area contributed by atoms with Gasteiger partial charge in [0.25, 0.3) is 0 Å². The van der Waals surface area contributed by atoms with Gasteiger partial charge in [0, 0.05) is 5.69 Å². The van der Waals surface area contributed by atoms with Gasteiger partial charge < -0.3 is 4.90 Å². The first kappa shape index (κ1) is 14.3. The summed E-state index contributed by atoms with van der Waals surface area (Å²) in [5.41, 5.74) is 3.30. The van der Waals surface area contributed by atoms with Crippen LogP contribution in [0.25, 0.3) is 0 Å². The van der Waals surface area contributed by atoms with Crippen molar-refractivity contribution in [3.8, 4) is 0 Å². The quantitative estimate of drug-likeness (QED) is 0.602. The van der Waals surface area contributed by atoms with Crippen LogP contribution >= 0.6 is 0 Å². The molecular weight excluding hydrogens is 270 g/mol. The van der Waals surface area contributed by atoms with E-state index < -0.39 is 0 Å². The van der Waals surface area contributed by atoms with Gasteiger partial charge in [0.2, 0.25) is 5.91 Å². The Labute approximate surface area is 131 Å². The highest BCUT2D eigenvalue weighted by Crippen LogP contribution is 2.44. The van der Waals surface area contributed by atoms with E-state index in [1.807, 2.05) is 66.4 Å². The number of amides is 1. The van der Waals surface area contributed by atoms with Crippen molar-refractivity contribution in [3.63, 3.8) is 0 Å². The van der Waals surface area contributed by atoms with Crippen molar-refractivity contribution in [3.05, 3.63) is 90.5 Å². The highest BCUT2D eigenvalue weighted by Gasteiger charge is 2.47. The number of nitrogens with zero attached hydrogens (tertiary/aromatic N) is 1. The van der Waals surface area contributed by atoms with Crippen LogP contribution in [0, 0.1) is 12.8 Å². The molecule has 1 fully saturated rings. The molecule has 2 atom stereocenters. The van der Waals surface area contributed by atoms with Crippen molar-refractivity contribution in [2.45, 2.75) is 13.0 Å². The molecule has 2 aromatic rings. The zero-order valence-corrected chi connectivity index (χ0v) is 12.6. The number of β-lactam (4-membered cyclic amide) rings is 1. The lowest BCUT2D eigenvalue weighted by molar-refractivity contribution is -0.128. The van der Waals surface area contributed by atoms with Gasteiger partial charge in [0.05, 0.1) is 12.0 Å². The predicted octanol–water partition coefficient (Wildman–Crippen LogP) is 4.44. The average Bonchev–Trinajstić information content (AvgIpc) is 2.55. The van der Waals surface area contributed by atoms with Crippen LogP contribution < -0.4 is 4.90 Å². The first-order valence-electron chi connectivity index (χ1n) is 7.46. The van der Waals surface area contributed by atoms with Gasteiger partial charge in [-0.1, -0.05) is 72.8 Å².